The number of hydrogen-bond donors (Lipinski definition) is 3. The highest BCUT2D eigenvalue weighted by Gasteiger charge is 2.15. The van der Waals surface area contributed by atoms with Gasteiger partial charge in [-0.25, -0.2) is 0 Å². The number of anilines is 3. The molecule has 3 N–H and O–H groups in total. The molecule has 0 saturated heterocycles. The molecule has 0 unspecified atom stereocenters. The molecule has 1 aliphatic heterocycles. The molecule has 0 aliphatic carbocycles. The molecule has 0 radical (unpaired) electrons. The molecule has 1 amide bonds. The maximum Gasteiger partial charge on any atom is 0.252 e. The smallest absolute Gasteiger partial charge is 0.252 e. The number of carbonyl (C=O) groups is 1. The first kappa shape index (κ1) is 21.7. The third-order valence-corrected chi connectivity index (χ3v) is 5.87. The largest absolute Gasteiger partial charge is 0.355 e. The van der Waals surface area contributed by atoms with E-state index in [1.54, 1.807) is 0 Å². The van der Waals surface area contributed by atoms with Crippen LogP contribution in [0, 0.1) is 0 Å². The first-order valence-electron chi connectivity index (χ1n) is 11.4. The van der Waals surface area contributed by atoms with Crippen LogP contribution in [0.15, 0.2) is 84.4 Å². The zero-order valence-corrected chi connectivity index (χ0v) is 19.1. The van der Waals surface area contributed by atoms with Crippen LogP contribution in [0.2, 0.25) is 0 Å². The highest BCUT2D eigenvalue weighted by Crippen LogP contribution is 2.26. The number of H-pyrrole nitrogens is 1. The lowest BCUT2D eigenvalue weighted by molar-refractivity contribution is -0.113. The van der Waals surface area contributed by atoms with Gasteiger partial charge in [0.15, 0.2) is 0 Å². The molecule has 0 spiro atoms. The van der Waals surface area contributed by atoms with Gasteiger partial charge < -0.3 is 15.5 Å². The Morgan fingerprint density at radius 1 is 0.971 bits per heavy atom. The second-order valence-electron chi connectivity index (χ2n) is 8.53. The van der Waals surface area contributed by atoms with Gasteiger partial charge in [-0.05, 0) is 61.5 Å². The molecule has 0 fully saturated rings. The Hall–Kier alpha value is -4.16. The van der Waals surface area contributed by atoms with Crippen LogP contribution in [0.3, 0.4) is 0 Å². The summed E-state index contributed by atoms with van der Waals surface area (Å²) in [4.78, 5) is 14.8. The van der Waals surface area contributed by atoms with Gasteiger partial charge >= 0.3 is 0 Å². The number of likely N-dealkylation sites (N-methyl/N-ethyl adjacent to an activating group) is 1. The molecule has 0 atom stereocenters. The minimum absolute atomic E-state index is 0.0429. The fourth-order valence-corrected chi connectivity index (χ4v) is 4.10. The van der Waals surface area contributed by atoms with E-state index < -0.39 is 0 Å². The van der Waals surface area contributed by atoms with E-state index in [0.717, 1.165) is 57.8 Å². The third kappa shape index (κ3) is 5.08. The molecule has 6 heteroatoms. The van der Waals surface area contributed by atoms with Crippen molar-refractivity contribution < 1.29 is 4.79 Å². The topological polar surface area (TPSA) is 73.1 Å². The number of benzene rings is 3. The number of fused-ring (bicyclic) bond motifs is 1. The minimum atomic E-state index is -0.0429. The highest BCUT2D eigenvalue weighted by atomic mass is 16.1. The molecule has 3 aromatic carbocycles. The molecule has 2 heterocycles. The van der Waals surface area contributed by atoms with Gasteiger partial charge in [0.05, 0.1) is 11.2 Å². The van der Waals surface area contributed by atoms with Crippen LogP contribution >= 0.6 is 0 Å². The van der Waals surface area contributed by atoms with Crippen molar-refractivity contribution in [3.8, 4) is 0 Å². The Morgan fingerprint density at radius 3 is 2.65 bits per heavy atom. The number of amides is 1. The van der Waals surface area contributed by atoms with Gasteiger partial charge in [-0.15, -0.1) is 0 Å². The number of nitrogens with zero attached hydrogens (tertiary/aromatic N) is 2. The third-order valence-electron chi connectivity index (χ3n) is 5.87. The van der Waals surface area contributed by atoms with E-state index in [-0.39, 0.29) is 5.91 Å². The number of rotatable bonds is 6. The summed E-state index contributed by atoms with van der Waals surface area (Å²) in [5.41, 5.74) is 6.41. The first-order chi connectivity index (χ1) is 16.6. The van der Waals surface area contributed by atoms with Crippen LogP contribution in [-0.2, 0) is 4.79 Å². The summed E-state index contributed by atoms with van der Waals surface area (Å²) in [5.74, 6) is -0.0429. The second kappa shape index (κ2) is 9.77. The fraction of sp³-hybridized carbons (Fsp3) is 0.143. The molecule has 4 aromatic rings. The Labute approximate surface area is 199 Å². The van der Waals surface area contributed by atoms with Crippen LogP contribution in [0.4, 0.5) is 17.1 Å². The number of nitrogens with one attached hydrogen (secondary N) is 3. The van der Waals surface area contributed by atoms with Gasteiger partial charge in [0.2, 0.25) is 0 Å². The van der Waals surface area contributed by atoms with Crippen molar-refractivity contribution in [3.63, 3.8) is 0 Å². The predicted molar refractivity (Wildman–Crippen MR) is 140 cm³/mol. The molecule has 170 valence electrons. The maximum absolute atomic E-state index is 12.6. The minimum Gasteiger partial charge on any atom is -0.355 e. The van der Waals surface area contributed by atoms with Gasteiger partial charge in [-0.1, -0.05) is 48.6 Å². The van der Waals surface area contributed by atoms with Crippen molar-refractivity contribution in [2.75, 3.05) is 30.8 Å². The number of carbonyl (C=O) groups excluding carboxylic acids is 1. The average molecular weight is 450 g/mol. The summed E-state index contributed by atoms with van der Waals surface area (Å²) in [6.07, 6.45) is 7.01. The van der Waals surface area contributed by atoms with Gasteiger partial charge in [0.1, 0.15) is 0 Å². The van der Waals surface area contributed by atoms with E-state index in [0.29, 0.717) is 6.54 Å². The molecule has 5 rings (SSSR count). The quantitative estimate of drug-likeness (QED) is 0.354. The summed E-state index contributed by atoms with van der Waals surface area (Å²) >= 11 is 0. The molecule has 1 aliphatic rings. The van der Waals surface area contributed by atoms with Gasteiger partial charge in [-0.3, -0.25) is 9.89 Å². The molecular weight excluding hydrogens is 422 g/mol. The van der Waals surface area contributed by atoms with Gasteiger partial charge in [0.25, 0.3) is 5.91 Å². The van der Waals surface area contributed by atoms with E-state index in [4.69, 9.17) is 0 Å². The number of hydrogen-bond acceptors (Lipinski definition) is 4. The summed E-state index contributed by atoms with van der Waals surface area (Å²) in [6, 6.07) is 24.1. The first-order valence-corrected chi connectivity index (χ1v) is 11.4. The van der Waals surface area contributed by atoms with Crippen LogP contribution in [0.5, 0.6) is 0 Å². The van der Waals surface area contributed by atoms with E-state index in [2.05, 4.69) is 50.0 Å². The average Bonchev–Trinajstić information content (AvgIpc) is 3.26. The van der Waals surface area contributed by atoms with E-state index in [9.17, 15) is 4.79 Å². The van der Waals surface area contributed by atoms with E-state index in [1.165, 1.54) is 0 Å². The van der Waals surface area contributed by atoms with Crippen molar-refractivity contribution in [2.24, 2.45) is 0 Å². The van der Waals surface area contributed by atoms with Crippen molar-refractivity contribution in [3.05, 3.63) is 95.7 Å². The molecule has 0 saturated carbocycles. The summed E-state index contributed by atoms with van der Waals surface area (Å²) in [6.45, 7) is 1.66. The summed E-state index contributed by atoms with van der Waals surface area (Å²) in [7, 11) is 2.03. The fourth-order valence-electron chi connectivity index (χ4n) is 4.10. The van der Waals surface area contributed by atoms with Crippen LogP contribution < -0.4 is 10.6 Å². The van der Waals surface area contributed by atoms with Gasteiger partial charge in [-0.2, -0.15) is 5.10 Å². The van der Waals surface area contributed by atoms with E-state index in [1.807, 2.05) is 73.8 Å². The molecule has 1 aromatic heterocycles. The molecule has 34 heavy (non-hydrogen) atoms. The molecule has 6 nitrogen and oxygen atoms in total. The maximum atomic E-state index is 12.6. The Balaban J connectivity index is 1.28. The normalized spacial score (nSPS) is 14.3. The lowest BCUT2D eigenvalue weighted by atomic mass is 10.1. The van der Waals surface area contributed by atoms with Crippen LogP contribution in [0.1, 0.15) is 17.7 Å². The van der Waals surface area contributed by atoms with Gasteiger partial charge in [0, 0.05) is 41.1 Å². The number of aromatic nitrogens is 2. The molecular formula is C28H27N5O. The molecule has 0 bridgehead atoms. The summed E-state index contributed by atoms with van der Waals surface area (Å²) < 4.78 is 0. The Kier molecular flexibility index (Phi) is 6.23. The van der Waals surface area contributed by atoms with Crippen LogP contribution in [0.25, 0.3) is 23.1 Å². The Bertz CT molecular complexity index is 1370. The predicted octanol–water partition coefficient (Wildman–Crippen LogP) is 5.68. The van der Waals surface area contributed by atoms with Crippen molar-refractivity contribution in [1.82, 2.24) is 15.1 Å². The van der Waals surface area contributed by atoms with Crippen molar-refractivity contribution >= 4 is 46.0 Å². The SMILES string of the molecule is CN1CCC=C(C(=O)Nc2cccc(Nc3ccc4c(/C=C/c5ccccc5)n[nH]c4c3)c2)C1. The van der Waals surface area contributed by atoms with Crippen LogP contribution in [-0.4, -0.2) is 41.1 Å². The zero-order chi connectivity index (χ0) is 23.3. The lowest BCUT2D eigenvalue weighted by Crippen LogP contribution is -2.30. The zero-order valence-electron chi connectivity index (χ0n) is 19.1. The summed E-state index contributed by atoms with van der Waals surface area (Å²) in [5, 5.41) is 15.1. The number of aromatic amines is 1. The van der Waals surface area contributed by atoms with Crippen molar-refractivity contribution in [2.45, 2.75) is 6.42 Å². The lowest BCUT2D eigenvalue weighted by Gasteiger charge is -2.22. The Morgan fingerprint density at radius 2 is 1.79 bits per heavy atom. The standard InChI is InChI=1S/C28H27N5O/c1-33-16-6-9-21(19-33)28(34)30-23-11-5-10-22(17-23)29-24-13-14-25-26(31-32-27(25)18-24)15-12-20-7-3-2-4-8-20/h2-5,7-15,17-18,29H,6,16,19H2,1H3,(H,30,34)(H,31,32)/b15-12+. The van der Waals surface area contributed by atoms with E-state index >= 15 is 0 Å². The second-order valence-corrected chi connectivity index (χ2v) is 8.53. The monoisotopic (exact) mass is 449 g/mol. The van der Waals surface area contributed by atoms with Crippen molar-refractivity contribution in [1.29, 1.82) is 0 Å². The highest BCUT2D eigenvalue weighted by molar-refractivity contribution is 6.04.